The summed E-state index contributed by atoms with van der Waals surface area (Å²) in [5.74, 6) is 0. The predicted octanol–water partition coefficient (Wildman–Crippen LogP) is 3.38. The highest BCUT2D eigenvalue weighted by Gasteiger charge is 2.15. The molecule has 19 heavy (non-hydrogen) atoms. The van der Waals surface area contributed by atoms with E-state index in [9.17, 15) is 0 Å². The second kappa shape index (κ2) is 6.35. The first-order valence-corrected chi connectivity index (χ1v) is 7.37. The highest BCUT2D eigenvalue weighted by Crippen LogP contribution is 2.20. The Morgan fingerprint density at radius 2 is 2.00 bits per heavy atom. The minimum absolute atomic E-state index is 0.303. The number of hydrogen-bond acceptors (Lipinski definition) is 2. The molecule has 1 unspecified atom stereocenters. The van der Waals surface area contributed by atoms with Crippen LogP contribution in [0.15, 0.2) is 34.8 Å². The van der Waals surface area contributed by atoms with Crippen molar-refractivity contribution in [3.05, 3.63) is 51.8 Å². The molecule has 1 aromatic heterocycles. The van der Waals surface area contributed by atoms with Crippen molar-refractivity contribution in [2.45, 2.75) is 26.3 Å². The molecule has 0 radical (unpaired) electrons. The van der Waals surface area contributed by atoms with E-state index in [1.54, 1.807) is 0 Å². The van der Waals surface area contributed by atoms with Crippen molar-refractivity contribution in [1.82, 2.24) is 15.1 Å². The molecule has 0 aliphatic carbocycles. The summed E-state index contributed by atoms with van der Waals surface area (Å²) >= 11 is 3.47. The van der Waals surface area contributed by atoms with Gasteiger partial charge in [-0.05, 0) is 43.7 Å². The number of aromatic nitrogens is 2. The molecule has 0 amide bonds. The largest absolute Gasteiger partial charge is 0.309 e. The molecular weight excluding hydrogens is 302 g/mol. The fourth-order valence-corrected chi connectivity index (χ4v) is 2.60. The Bertz CT molecular complexity index is 531. The highest BCUT2D eigenvalue weighted by molar-refractivity contribution is 9.10. The van der Waals surface area contributed by atoms with Gasteiger partial charge in [0.25, 0.3) is 0 Å². The summed E-state index contributed by atoms with van der Waals surface area (Å²) in [5, 5.41) is 7.98. The Kier molecular flexibility index (Phi) is 4.77. The van der Waals surface area contributed by atoms with Crippen molar-refractivity contribution >= 4 is 15.9 Å². The van der Waals surface area contributed by atoms with Crippen LogP contribution in [-0.2, 0) is 13.5 Å². The summed E-state index contributed by atoms with van der Waals surface area (Å²) in [6.45, 7) is 5.12. The van der Waals surface area contributed by atoms with Gasteiger partial charge in [-0.15, -0.1) is 0 Å². The summed E-state index contributed by atoms with van der Waals surface area (Å²) in [4.78, 5) is 0. The minimum atomic E-state index is 0.303. The normalized spacial score (nSPS) is 12.6. The fourth-order valence-electron chi connectivity index (χ4n) is 2.34. The molecule has 1 N–H and O–H groups in total. The first-order valence-electron chi connectivity index (χ1n) is 6.58. The van der Waals surface area contributed by atoms with Crippen molar-refractivity contribution < 1.29 is 0 Å². The molecule has 0 fully saturated rings. The third-order valence-corrected chi connectivity index (χ3v) is 3.73. The Morgan fingerprint density at radius 3 is 2.53 bits per heavy atom. The van der Waals surface area contributed by atoms with Crippen LogP contribution in [0.2, 0.25) is 0 Å². The molecule has 0 aliphatic rings. The van der Waals surface area contributed by atoms with E-state index >= 15 is 0 Å². The number of aryl methyl sites for hydroxylation is 2. The summed E-state index contributed by atoms with van der Waals surface area (Å²) in [6.07, 6.45) is 0.972. The molecule has 0 spiro atoms. The van der Waals surface area contributed by atoms with E-state index in [0.29, 0.717) is 6.04 Å². The maximum Gasteiger partial charge on any atom is 0.0597 e. The van der Waals surface area contributed by atoms with Gasteiger partial charge in [0.15, 0.2) is 0 Å². The lowest BCUT2D eigenvalue weighted by molar-refractivity contribution is 0.507. The van der Waals surface area contributed by atoms with E-state index in [1.165, 1.54) is 11.3 Å². The Labute approximate surface area is 123 Å². The number of rotatable bonds is 5. The van der Waals surface area contributed by atoms with Crippen LogP contribution >= 0.6 is 15.9 Å². The van der Waals surface area contributed by atoms with Crippen molar-refractivity contribution in [2.75, 3.05) is 6.54 Å². The van der Waals surface area contributed by atoms with Crippen molar-refractivity contribution in [3.8, 4) is 0 Å². The van der Waals surface area contributed by atoms with Gasteiger partial charge in [0.1, 0.15) is 0 Å². The number of hydrogen-bond donors (Lipinski definition) is 1. The lowest BCUT2D eigenvalue weighted by Crippen LogP contribution is -2.25. The molecule has 1 atom stereocenters. The topological polar surface area (TPSA) is 29.9 Å². The summed E-state index contributed by atoms with van der Waals surface area (Å²) in [6, 6.07) is 11.0. The molecule has 0 aliphatic heterocycles. The summed E-state index contributed by atoms with van der Waals surface area (Å²) < 4.78 is 3.09. The van der Waals surface area contributed by atoms with Gasteiger partial charge < -0.3 is 5.32 Å². The number of likely N-dealkylation sites (N-methyl/N-ethyl adjacent to an activating group) is 1. The van der Waals surface area contributed by atoms with E-state index in [2.05, 4.69) is 63.6 Å². The molecule has 2 rings (SSSR count). The zero-order chi connectivity index (χ0) is 13.8. The van der Waals surface area contributed by atoms with E-state index in [1.807, 2.05) is 18.7 Å². The highest BCUT2D eigenvalue weighted by atomic mass is 79.9. The van der Waals surface area contributed by atoms with Crippen LogP contribution in [-0.4, -0.2) is 16.3 Å². The molecule has 4 heteroatoms. The number of nitrogens with zero attached hydrogens (tertiary/aromatic N) is 2. The average Bonchev–Trinajstić information content (AvgIpc) is 2.71. The Hall–Kier alpha value is -1.13. The van der Waals surface area contributed by atoms with Crippen molar-refractivity contribution in [3.63, 3.8) is 0 Å². The maximum absolute atomic E-state index is 4.44. The molecule has 2 aromatic rings. The number of nitrogens with one attached hydrogen (secondary N) is 1. The van der Waals surface area contributed by atoms with Gasteiger partial charge in [0.2, 0.25) is 0 Å². The lowest BCUT2D eigenvalue weighted by Gasteiger charge is -2.18. The van der Waals surface area contributed by atoms with E-state index in [-0.39, 0.29) is 0 Å². The molecular formula is C15H20BrN3. The lowest BCUT2D eigenvalue weighted by atomic mass is 10.0. The third kappa shape index (κ3) is 3.67. The molecule has 102 valence electrons. The maximum atomic E-state index is 4.44. The molecule has 0 bridgehead atoms. The van der Waals surface area contributed by atoms with Crippen LogP contribution in [0.3, 0.4) is 0 Å². The first-order chi connectivity index (χ1) is 9.10. The fraction of sp³-hybridized carbons (Fsp3) is 0.400. The van der Waals surface area contributed by atoms with Crippen LogP contribution in [0.4, 0.5) is 0 Å². The van der Waals surface area contributed by atoms with Gasteiger partial charge in [0, 0.05) is 11.5 Å². The van der Waals surface area contributed by atoms with Crippen molar-refractivity contribution in [2.24, 2.45) is 7.05 Å². The van der Waals surface area contributed by atoms with E-state index in [0.717, 1.165) is 23.1 Å². The first kappa shape index (κ1) is 14.3. The van der Waals surface area contributed by atoms with Gasteiger partial charge in [-0.25, -0.2) is 0 Å². The SMILES string of the molecule is CCNC(Cc1ccc(Br)cc1)c1cc(C)nn1C. The van der Waals surface area contributed by atoms with Crippen LogP contribution in [0.25, 0.3) is 0 Å². The van der Waals surface area contributed by atoms with E-state index in [4.69, 9.17) is 0 Å². The predicted molar refractivity (Wildman–Crippen MR) is 82.2 cm³/mol. The summed E-state index contributed by atoms with van der Waals surface area (Å²) in [5.41, 5.74) is 3.63. The monoisotopic (exact) mass is 321 g/mol. The van der Waals surface area contributed by atoms with Crippen LogP contribution in [0, 0.1) is 6.92 Å². The van der Waals surface area contributed by atoms with Crippen LogP contribution in [0.1, 0.15) is 29.9 Å². The van der Waals surface area contributed by atoms with Gasteiger partial charge in [0.05, 0.1) is 17.4 Å². The van der Waals surface area contributed by atoms with Crippen LogP contribution in [0.5, 0.6) is 0 Å². The quantitative estimate of drug-likeness (QED) is 0.914. The zero-order valence-electron chi connectivity index (χ0n) is 11.7. The van der Waals surface area contributed by atoms with Gasteiger partial charge >= 0.3 is 0 Å². The molecule has 0 saturated carbocycles. The van der Waals surface area contributed by atoms with Crippen molar-refractivity contribution in [1.29, 1.82) is 0 Å². The second-order valence-corrected chi connectivity index (χ2v) is 5.69. The molecule has 1 heterocycles. The number of halogens is 1. The van der Waals surface area contributed by atoms with E-state index < -0.39 is 0 Å². The zero-order valence-corrected chi connectivity index (χ0v) is 13.2. The molecule has 0 saturated heterocycles. The molecule has 3 nitrogen and oxygen atoms in total. The average molecular weight is 322 g/mol. The van der Waals surface area contributed by atoms with Gasteiger partial charge in [-0.1, -0.05) is 35.0 Å². The number of benzene rings is 1. The standard InChI is InChI=1S/C15H20BrN3/c1-4-17-14(15-9-11(2)18-19(15)3)10-12-5-7-13(16)8-6-12/h5-9,14,17H,4,10H2,1-3H3. The Balaban J connectivity index is 2.20. The van der Waals surface area contributed by atoms with Gasteiger partial charge in [-0.3, -0.25) is 4.68 Å². The third-order valence-electron chi connectivity index (χ3n) is 3.20. The second-order valence-electron chi connectivity index (χ2n) is 4.78. The smallest absolute Gasteiger partial charge is 0.0597 e. The minimum Gasteiger partial charge on any atom is -0.309 e. The molecule has 1 aromatic carbocycles. The van der Waals surface area contributed by atoms with Crippen LogP contribution < -0.4 is 5.32 Å². The van der Waals surface area contributed by atoms with Gasteiger partial charge in [-0.2, -0.15) is 5.10 Å². The summed E-state index contributed by atoms with van der Waals surface area (Å²) in [7, 11) is 2.01. The Morgan fingerprint density at radius 1 is 1.32 bits per heavy atom.